The number of aromatic nitrogens is 1. The molecule has 3 aromatic rings. The van der Waals surface area contributed by atoms with Crippen molar-refractivity contribution in [3.8, 4) is 5.75 Å². The molecule has 1 N–H and O–H groups in total. The Bertz CT molecular complexity index is 1200. The number of sulfone groups is 1. The van der Waals surface area contributed by atoms with Crippen LogP contribution in [-0.4, -0.2) is 31.3 Å². The van der Waals surface area contributed by atoms with Crippen molar-refractivity contribution in [2.45, 2.75) is 13.5 Å². The third kappa shape index (κ3) is 5.38. The Balaban J connectivity index is 1.85. The van der Waals surface area contributed by atoms with E-state index in [2.05, 4.69) is 10.3 Å². The lowest BCUT2D eigenvalue weighted by atomic mass is 10.1. The Hall–Kier alpha value is -2.35. The number of carbonyl (C=O) groups excluding carboxylic acids is 1. The Morgan fingerprint density at radius 3 is 2.69 bits per heavy atom. The first-order valence-corrected chi connectivity index (χ1v) is 11.4. The van der Waals surface area contributed by atoms with Gasteiger partial charge in [-0.2, -0.15) is 0 Å². The van der Waals surface area contributed by atoms with Gasteiger partial charge in [-0.25, -0.2) is 8.42 Å². The maximum atomic E-state index is 11.9. The topological polar surface area (TPSA) is 85.4 Å². The number of carbonyl (C=O) groups is 1. The van der Waals surface area contributed by atoms with Crippen molar-refractivity contribution in [1.29, 1.82) is 0 Å². The van der Waals surface area contributed by atoms with E-state index in [1.165, 1.54) is 6.07 Å². The molecule has 152 valence electrons. The van der Waals surface area contributed by atoms with Crippen molar-refractivity contribution >= 4 is 55.4 Å². The summed E-state index contributed by atoms with van der Waals surface area (Å²) in [7, 11) is -3.46. The molecule has 0 atom stereocenters. The zero-order valence-electron chi connectivity index (χ0n) is 15.7. The Morgan fingerprint density at radius 2 is 1.97 bits per heavy atom. The van der Waals surface area contributed by atoms with Crippen LogP contribution in [0, 0.1) is 6.92 Å². The fourth-order valence-corrected chi connectivity index (χ4v) is 3.85. The van der Waals surface area contributed by atoms with Crippen molar-refractivity contribution in [2.24, 2.45) is 0 Å². The van der Waals surface area contributed by atoms with Crippen LogP contribution in [0.5, 0.6) is 5.75 Å². The summed E-state index contributed by atoms with van der Waals surface area (Å²) in [4.78, 5) is 16.2. The van der Waals surface area contributed by atoms with Crippen LogP contribution < -0.4 is 10.1 Å². The smallest absolute Gasteiger partial charge is 0.239 e. The normalized spacial score (nSPS) is 11.4. The number of hydrogen-bond acceptors (Lipinski definition) is 5. The summed E-state index contributed by atoms with van der Waals surface area (Å²) >= 11 is 12.7. The van der Waals surface area contributed by atoms with E-state index in [-0.39, 0.29) is 17.3 Å². The molecule has 0 spiro atoms. The van der Waals surface area contributed by atoms with Gasteiger partial charge in [0.25, 0.3) is 0 Å². The molecule has 0 fully saturated rings. The molecule has 0 saturated heterocycles. The number of pyridine rings is 1. The van der Waals surface area contributed by atoms with Gasteiger partial charge in [0.15, 0.2) is 9.84 Å². The molecule has 29 heavy (non-hydrogen) atoms. The molecule has 1 aromatic heterocycles. The second-order valence-corrected chi connectivity index (χ2v) is 9.52. The number of aryl methyl sites for hydroxylation is 1. The van der Waals surface area contributed by atoms with Crippen molar-refractivity contribution in [3.05, 3.63) is 63.9 Å². The number of rotatable bonds is 6. The van der Waals surface area contributed by atoms with E-state index in [1.54, 1.807) is 12.3 Å². The summed E-state index contributed by atoms with van der Waals surface area (Å²) in [6, 6.07) is 10.6. The van der Waals surface area contributed by atoms with Crippen LogP contribution in [0.2, 0.25) is 10.0 Å². The Morgan fingerprint density at radius 1 is 1.21 bits per heavy atom. The molecule has 2 aromatic carbocycles. The average Bonchev–Trinajstić information content (AvgIpc) is 2.62. The molecule has 9 heteroatoms. The van der Waals surface area contributed by atoms with Crippen LogP contribution in [0.4, 0.5) is 5.69 Å². The first kappa shape index (κ1) is 21.4. The first-order chi connectivity index (χ1) is 13.6. The molecule has 0 unspecified atom stereocenters. The van der Waals surface area contributed by atoms with E-state index in [4.69, 9.17) is 27.9 Å². The molecule has 0 aliphatic heterocycles. The number of hydrogen-bond donors (Lipinski definition) is 1. The van der Waals surface area contributed by atoms with Crippen molar-refractivity contribution in [1.82, 2.24) is 4.98 Å². The van der Waals surface area contributed by atoms with E-state index in [0.717, 1.165) is 22.7 Å². The van der Waals surface area contributed by atoms with Crippen LogP contribution in [0.15, 0.2) is 42.6 Å². The van der Waals surface area contributed by atoms with Crippen LogP contribution in [0.3, 0.4) is 0 Å². The van der Waals surface area contributed by atoms with Crippen molar-refractivity contribution < 1.29 is 17.9 Å². The number of fused-ring (bicyclic) bond motifs is 1. The third-order valence-corrected chi connectivity index (χ3v) is 5.66. The third-order valence-electron chi connectivity index (χ3n) is 4.09. The molecule has 0 aliphatic rings. The van der Waals surface area contributed by atoms with E-state index < -0.39 is 21.5 Å². The molecular formula is C20H18Cl2N2O4S. The van der Waals surface area contributed by atoms with Gasteiger partial charge in [0, 0.05) is 39.5 Å². The number of amides is 1. The second kappa shape index (κ2) is 8.57. The lowest BCUT2D eigenvalue weighted by Crippen LogP contribution is -2.22. The summed E-state index contributed by atoms with van der Waals surface area (Å²) in [5.41, 5.74) is 1.61. The summed E-state index contributed by atoms with van der Waals surface area (Å²) in [6.45, 7) is 1.96. The highest BCUT2D eigenvalue weighted by atomic mass is 35.5. The van der Waals surface area contributed by atoms with E-state index in [1.807, 2.05) is 31.2 Å². The lowest BCUT2D eigenvalue weighted by molar-refractivity contribution is -0.113. The predicted molar refractivity (Wildman–Crippen MR) is 116 cm³/mol. The highest BCUT2D eigenvalue weighted by Crippen LogP contribution is 2.34. The highest BCUT2D eigenvalue weighted by Gasteiger charge is 2.16. The van der Waals surface area contributed by atoms with Crippen molar-refractivity contribution in [3.63, 3.8) is 0 Å². The predicted octanol–water partition coefficient (Wildman–Crippen LogP) is 4.41. The standard InChI is InChI=1S/C20H18Cl2N2O4S/c1-12-8-14-13(9-23-12)4-3-5-18(14)28-10-15-16(21)6-7-17(20(15)22)24-19(25)11-29(2,26)27/h3-9H,10-11H2,1-2H3,(H,24,25). The van der Waals surface area contributed by atoms with Gasteiger partial charge in [0.05, 0.1) is 10.7 Å². The number of ether oxygens (including phenoxy) is 1. The average molecular weight is 453 g/mol. The molecule has 6 nitrogen and oxygen atoms in total. The van der Waals surface area contributed by atoms with Crippen LogP contribution >= 0.6 is 23.2 Å². The zero-order valence-corrected chi connectivity index (χ0v) is 18.0. The molecule has 1 amide bonds. The van der Waals surface area contributed by atoms with Gasteiger partial charge in [0.2, 0.25) is 5.91 Å². The maximum Gasteiger partial charge on any atom is 0.239 e. The van der Waals surface area contributed by atoms with Gasteiger partial charge in [-0.1, -0.05) is 35.3 Å². The summed E-state index contributed by atoms with van der Waals surface area (Å²) in [5, 5.41) is 4.90. The number of halogens is 2. The second-order valence-electron chi connectivity index (χ2n) is 6.60. The van der Waals surface area contributed by atoms with E-state index in [0.29, 0.717) is 16.3 Å². The van der Waals surface area contributed by atoms with Gasteiger partial charge in [-0.3, -0.25) is 9.78 Å². The summed E-state index contributed by atoms with van der Waals surface area (Å²) in [5.74, 6) is -0.673. The molecular weight excluding hydrogens is 435 g/mol. The van der Waals surface area contributed by atoms with Crippen LogP contribution in [0.25, 0.3) is 10.8 Å². The number of nitrogens with one attached hydrogen (secondary N) is 1. The summed E-state index contributed by atoms with van der Waals surface area (Å²) < 4.78 is 28.5. The Kier molecular flexibility index (Phi) is 6.31. The maximum absolute atomic E-state index is 11.9. The first-order valence-electron chi connectivity index (χ1n) is 8.56. The van der Waals surface area contributed by atoms with Crippen LogP contribution in [0.1, 0.15) is 11.3 Å². The summed E-state index contributed by atoms with van der Waals surface area (Å²) in [6.07, 6.45) is 2.76. The molecule has 0 radical (unpaired) electrons. The number of nitrogens with zero attached hydrogens (tertiary/aromatic N) is 1. The van der Waals surface area contributed by atoms with Crippen molar-refractivity contribution in [2.75, 3.05) is 17.3 Å². The SMILES string of the molecule is Cc1cc2c(OCc3c(Cl)ccc(NC(=O)CS(C)(=O)=O)c3Cl)cccc2cn1. The monoisotopic (exact) mass is 452 g/mol. The van der Waals surface area contributed by atoms with Gasteiger partial charge in [-0.05, 0) is 31.2 Å². The van der Waals surface area contributed by atoms with Gasteiger partial charge < -0.3 is 10.1 Å². The zero-order chi connectivity index (χ0) is 21.2. The van der Waals surface area contributed by atoms with Gasteiger partial charge in [0.1, 0.15) is 18.1 Å². The molecule has 1 heterocycles. The quantitative estimate of drug-likeness (QED) is 0.598. The molecule has 0 bridgehead atoms. The number of benzene rings is 2. The van der Waals surface area contributed by atoms with E-state index in [9.17, 15) is 13.2 Å². The molecule has 3 rings (SSSR count). The minimum atomic E-state index is -3.46. The van der Waals surface area contributed by atoms with Crippen LogP contribution in [-0.2, 0) is 21.2 Å². The fourth-order valence-electron chi connectivity index (χ4n) is 2.77. The highest BCUT2D eigenvalue weighted by molar-refractivity contribution is 7.91. The number of anilines is 1. The van der Waals surface area contributed by atoms with Gasteiger partial charge in [-0.15, -0.1) is 0 Å². The minimum Gasteiger partial charge on any atom is -0.488 e. The van der Waals surface area contributed by atoms with E-state index >= 15 is 0 Å². The molecule has 0 aliphatic carbocycles. The van der Waals surface area contributed by atoms with Gasteiger partial charge >= 0.3 is 0 Å². The fraction of sp³-hybridized carbons (Fsp3) is 0.200. The molecule has 0 saturated carbocycles. The Labute approximate surface area is 178 Å². The largest absolute Gasteiger partial charge is 0.488 e. The minimum absolute atomic E-state index is 0.0634. The lowest BCUT2D eigenvalue weighted by Gasteiger charge is -2.15.